The maximum atomic E-state index is 13.3. The summed E-state index contributed by atoms with van der Waals surface area (Å²) in [5.41, 5.74) is 5.56. The van der Waals surface area contributed by atoms with E-state index >= 15 is 0 Å². The lowest BCUT2D eigenvalue weighted by Gasteiger charge is -2.33. The summed E-state index contributed by atoms with van der Waals surface area (Å²) >= 11 is 1.36. The fourth-order valence-corrected chi connectivity index (χ4v) is 3.10. The number of hydrogen-bond acceptors (Lipinski definition) is 3. The number of thioether (sulfide) groups is 1. The molecule has 0 aromatic heterocycles. The highest BCUT2D eigenvalue weighted by atomic mass is 32.2. The molecule has 0 saturated carbocycles. The molecule has 1 atom stereocenters. The Morgan fingerprint density at radius 1 is 1.53 bits per heavy atom. The molecule has 2 rings (SSSR count). The second-order valence-electron chi connectivity index (χ2n) is 4.90. The molecule has 1 heterocycles. The average Bonchev–Trinajstić information content (AvgIpc) is 2.40. The quantitative estimate of drug-likeness (QED) is 0.685. The van der Waals surface area contributed by atoms with Crippen molar-refractivity contribution < 1.29 is 9.18 Å². The lowest BCUT2D eigenvalue weighted by molar-refractivity contribution is -0.131. The summed E-state index contributed by atoms with van der Waals surface area (Å²) in [6.07, 6.45) is 3.35. The number of nitrogen functional groups attached to an aromatic ring is 1. The minimum atomic E-state index is -0.427. The number of rotatable bonds is 3. The van der Waals surface area contributed by atoms with Crippen molar-refractivity contribution in [3.8, 4) is 0 Å². The number of benzene rings is 1. The van der Waals surface area contributed by atoms with Gasteiger partial charge in [-0.2, -0.15) is 0 Å². The van der Waals surface area contributed by atoms with Gasteiger partial charge in [-0.1, -0.05) is 0 Å². The van der Waals surface area contributed by atoms with Crippen molar-refractivity contribution in [2.45, 2.75) is 37.1 Å². The van der Waals surface area contributed by atoms with Crippen LogP contribution in [0.2, 0.25) is 0 Å². The van der Waals surface area contributed by atoms with Crippen LogP contribution in [0.1, 0.15) is 26.2 Å². The Kier molecular flexibility index (Phi) is 4.69. The molecule has 2 N–H and O–H groups in total. The molecule has 3 nitrogen and oxygen atoms in total. The van der Waals surface area contributed by atoms with Gasteiger partial charge in [0.05, 0.1) is 11.4 Å². The maximum Gasteiger partial charge on any atom is 0.233 e. The Bertz CT molecular complexity index is 467. The van der Waals surface area contributed by atoms with E-state index < -0.39 is 5.82 Å². The third kappa shape index (κ3) is 3.62. The first-order valence-corrected chi connectivity index (χ1v) is 7.54. The summed E-state index contributed by atoms with van der Waals surface area (Å²) in [6.45, 7) is 2.93. The topological polar surface area (TPSA) is 46.3 Å². The average molecular weight is 282 g/mol. The predicted octanol–water partition coefficient (Wildman–Crippen LogP) is 2.90. The molecular formula is C14H19FN2OS. The van der Waals surface area contributed by atoms with E-state index in [-0.39, 0.29) is 11.6 Å². The summed E-state index contributed by atoms with van der Waals surface area (Å²) in [4.78, 5) is 14.8. The van der Waals surface area contributed by atoms with Gasteiger partial charge in [0.15, 0.2) is 0 Å². The smallest absolute Gasteiger partial charge is 0.233 e. The van der Waals surface area contributed by atoms with Gasteiger partial charge < -0.3 is 10.6 Å². The van der Waals surface area contributed by atoms with E-state index in [4.69, 9.17) is 5.73 Å². The van der Waals surface area contributed by atoms with Crippen molar-refractivity contribution in [2.24, 2.45) is 0 Å². The molecule has 1 unspecified atom stereocenters. The van der Waals surface area contributed by atoms with E-state index in [0.717, 1.165) is 24.3 Å². The Morgan fingerprint density at radius 3 is 3.00 bits per heavy atom. The Balaban J connectivity index is 1.90. The highest BCUT2D eigenvalue weighted by molar-refractivity contribution is 8.00. The number of hydrogen-bond donors (Lipinski definition) is 1. The van der Waals surface area contributed by atoms with Crippen molar-refractivity contribution in [3.63, 3.8) is 0 Å². The van der Waals surface area contributed by atoms with Gasteiger partial charge in [-0.15, -0.1) is 11.8 Å². The number of amides is 1. The molecule has 1 saturated heterocycles. The Morgan fingerprint density at radius 2 is 2.32 bits per heavy atom. The molecular weight excluding hydrogens is 263 g/mol. The van der Waals surface area contributed by atoms with Crippen LogP contribution in [0.3, 0.4) is 0 Å². The third-order valence-corrected chi connectivity index (χ3v) is 4.44. The lowest BCUT2D eigenvalue weighted by Crippen LogP contribution is -2.42. The molecule has 1 fully saturated rings. The molecule has 0 spiro atoms. The largest absolute Gasteiger partial charge is 0.396 e. The van der Waals surface area contributed by atoms with E-state index in [2.05, 4.69) is 6.92 Å². The summed E-state index contributed by atoms with van der Waals surface area (Å²) in [6, 6.07) is 4.99. The van der Waals surface area contributed by atoms with Gasteiger partial charge in [-0.05, 0) is 44.4 Å². The highest BCUT2D eigenvalue weighted by Crippen LogP contribution is 2.24. The van der Waals surface area contributed by atoms with Crippen LogP contribution in [0, 0.1) is 5.82 Å². The molecule has 1 aliphatic rings. The summed E-state index contributed by atoms with van der Waals surface area (Å²) < 4.78 is 13.3. The normalized spacial score (nSPS) is 19.5. The first-order valence-electron chi connectivity index (χ1n) is 6.55. The molecule has 19 heavy (non-hydrogen) atoms. The first-order chi connectivity index (χ1) is 9.08. The van der Waals surface area contributed by atoms with Crippen molar-refractivity contribution in [3.05, 3.63) is 24.0 Å². The van der Waals surface area contributed by atoms with Gasteiger partial charge in [0.25, 0.3) is 0 Å². The van der Waals surface area contributed by atoms with Crippen LogP contribution in [-0.2, 0) is 4.79 Å². The minimum Gasteiger partial charge on any atom is -0.396 e. The van der Waals surface area contributed by atoms with Crippen LogP contribution in [0.5, 0.6) is 0 Å². The number of anilines is 1. The van der Waals surface area contributed by atoms with Crippen molar-refractivity contribution in [1.29, 1.82) is 0 Å². The molecule has 104 valence electrons. The van der Waals surface area contributed by atoms with Gasteiger partial charge in [0.1, 0.15) is 5.82 Å². The maximum absolute atomic E-state index is 13.3. The van der Waals surface area contributed by atoms with Crippen molar-refractivity contribution >= 4 is 23.4 Å². The predicted molar refractivity (Wildman–Crippen MR) is 76.6 cm³/mol. The number of nitrogens with zero attached hydrogens (tertiary/aromatic N) is 1. The van der Waals surface area contributed by atoms with Gasteiger partial charge >= 0.3 is 0 Å². The van der Waals surface area contributed by atoms with Gasteiger partial charge in [-0.25, -0.2) is 4.39 Å². The molecule has 1 aliphatic heterocycles. The second kappa shape index (κ2) is 6.28. The van der Waals surface area contributed by atoms with Crippen LogP contribution >= 0.6 is 11.8 Å². The fraction of sp³-hybridized carbons (Fsp3) is 0.500. The van der Waals surface area contributed by atoms with Gasteiger partial charge in [0.2, 0.25) is 5.91 Å². The zero-order chi connectivity index (χ0) is 13.8. The molecule has 0 aliphatic carbocycles. The lowest BCUT2D eigenvalue weighted by atomic mass is 10.0. The van der Waals surface area contributed by atoms with E-state index in [1.165, 1.54) is 30.3 Å². The van der Waals surface area contributed by atoms with E-state index in [1.54, 1.807) is 6.07 Å². The molecule has 0 radical (unpaired) electrons. The van der Waals surface area contributed by atoms with Crippen LogP contribution in [0.4, 0.5) is 10.1 Å². The van der Waals surface area contributed by atoms with Gasteiger partial charge in [0, 0.05) is 17.5 Å². The van der Waals surface area contributed by atoms with Crippen molar-refractivity contribution in [2.75, 3.05) is 18.0 Å². The number of likely N-dealkylation sites (tertiary alicyclic amines) is 1. The number of carbonyl (C=O) groups excluding carboxylic acids is 1. The summed E-state index contributed by atoms with van der Waals surface area (Å²) in [5.74, 6) is 0.0615. The van der Waals surface area contributed by atoms with Crippen molar-refractivity contribution in [1.82, 2.24) is 4.90 Å². The summed E-state index contributed by atoms with van der Waals surface area (Å²) in [5, 5.41) is 0. The number of nitrogens with two attached hydrogens (primary N) is 1. The van der Waals surface area contributed by atoms with E-state index in [0.29, 0.717) is 11.8 Å². The second-order valence-corrected chi connectivity index (χ2v) is 5.95. The standard InChI is InChI=1S/C14H19FN2OS/c1-10-4-2-3-7-17(10)14(18)9-19-11-5-6-13(16)12(15)8-11/h5-6,8,10H,2-4,7,9,16H2,1H3. The molecule has 5 heteroatoms. The summed E-state index contributed by atoms with van der Waals surface area (Å²) in [7, 11) is 0. The van der Waals surface area contributed by atoms with E-state index in [9.17, 15) is 9.18 Å². The van der Waals surface area contributed by atoms with Crippen LogP contribution < -0.4 is 5.73 Å². The fourth-order valence-electron chi connectivity index (χ4n) is 2.29. The highest BCUT2D eigenvalue weighted by Gasteiger charge is 2.22. The SMILES string of the molecule is CC1CCCCN1C(=O)CSc1ccc(N)c(F)c1. The third-order valence-electron chi connectivity index (χ3n) is 3.46. The Labute approximate surface area is 117 Å². The number of halogens is 1. The van der Waals surface area contributed by atoms with Crippen LogP contribution in [-0.4, -0.2) is 29.1 Å². The van der Waals surface area contributed by atoms with E-state index in [1.807, 2.05) is 4.90 Å². The first kappa shape index (κ1) is 14.2. The molecule has 0 bridgehead atoms. The van der Waals surface area contributed by atoms with Gasteiger partial charge in [-0.3, -0.25) is 4.79 Å². The number of carbonyl (C=O) groups is 1. The number of piperidine rings is 1. The van der Waals surface area contributed by atoms with Crippen LogP contribution in [0.25, 0.3) is 0 Å². The Hall–Kier alpha value is -1.23. The molecule has 1 aromatic carbocycles. The minimum absolute atomic E-state index is 0.134. The molecule has 1 amide bonds. The van der Waals surface area contributed by atoms with Crippen LogP contribution in [0.15, 0.2) is 23.1 Å². The monoisotopic (exact) mass is 282 g/mol. The zero-order valence-electron chi connectivity index (χ0n) is 11.1. The molecule has 1 aromatic rings. The zero-order valence-corrected chi connectivity index (χ0v) is 11.9.